The van der Waals surface area contributed by atoms with Crippen LogP contribution in [0.2, 0.25) is 0 Å². The Bertz CT molecular complexity index is 141. The van der Waals surface area contributed by atoms with Crippen molar-refractivity contribution in [2.75, 3.05) is 13.7 Å². The van der Waals surface area contributed by atoms with Crippen LogP contribution in [0.1, 0.15) is 32.6 Å². The zero-order valence-electron chi connectivity index (χ0n) is 8.62. The number of methoxy groups -OCH3 is 1. The fraction of sp³-hybridized carbons (Fsp3) is 1.00. The maximum Gasteiger partial charge on any atom is 0.0693 e. The second-order valence-corrected chi connectivity index (χ2v) is 3.91. The molecule has 3 nitrogen and oxygen atoms in total. The van der Waals surface area contributed by atoms with Crippen molar-refractivity contribution < 1.29 is 9.84 Å². The van der Waals surface area contributed by atoms with Crippen LogP contribution < -0.4 is 5.32 Å². The van der Waals surface area contributed by atoms with Gasteiger partial charge in [-0.25, -0.2) is 0 Å². The molecule has 1 fully saturated rings. The summed E-state index contributed by atoms with van der Waals surface area (Å²) in [6.07, 6.45) is 4.51. The molecule has 78 valence electrons. The highest BCUT2D eigenvalue weighted by atomic mass is 16.5. The monoisotopic (exact) mass is 187 g/mol. The van der Waals surface area contributed by atoms with Gasteiger partial charge < -0.3 is 15.2 Å². The first kappa shape index (κ1) is 11.0. The summed E-state index contributed by atoms with van der Waals surface area (Å²) in [6.45, 7) is 2.86. The molecule has 0 amide bonds. The van der Waals surface area contributed by atoms with Gasteiger partial charge in [0.25, 0.3) is 0 Å². The minimum Gasteiger partial charge on any atom is -0.392 e. The zero-order chi connectivity index (χ0) is 9.68. The van der Waals surface area contributed by atoms with Crippen molar-refractivity contribution in [1.82, 2.24) is 5.32 Å². The van der Waals surface area contributed by atoms with Gasteiger partial charge in [-0.3, -0.25) is 0 Å². The highest BCUT2D eigenvalue weighted by Crippen LogP contribution is 2.18. The first-order valence-corrected chi connectivity index (χ1v) is 5.18. The van der Waals surface area contributed by atoms with E-state index >= 15 is 0 Å². The average molecular weight is 187 g/mol. The Hall–Kier alpha value is -0.120. The number of hydrogen-bond donors (Lipinski definition) is 2. The van der Waals surface area contributed by atoms with Gasteiger partial charge in [-0.15, -0.1) is 0 Å². The quantitative estimate of drug-likeness (QED) is 0.687. The molecular weight excluding hydrogens is 166 g/mol. The van der Waals surface area contributed by atoms with Gasteiger partial charge in [0.15, 0.2) is 0 Å². The highest BCUT2D eigenvalue weighted by molar-refractivity contribution is 4.80. The predicted molar refractivity (Wildman–Crippen MR) is 52.7 cm³/mol. The lowest BCUT2D eigenvalue weighted by molar-refractivity contribution is 0.0710. The third-order valence-electron chi connectivity index (χ3n) is 2.80. The summed E-state index contributed by atoms with van der Waals surface area (Å²) in [4.78, 5) is 0. The van der Waals surface area contributed by atoms with Crippen molar-refractivity contribution >= 4 is 0 Å². The molecule has 1 aliphatic carbocycles. The lowest BCUT2D eigenvalue weighted by Crippen LogP contribution is -2.44. The number of aliphatic hydroxyl groups is 1. The normalized spacial score (nSPS) is 31.6. The smallest absolute Gasteiger partial charge is 0.0693 e. The van der Waals surface area contributed by atoms with Crippen molar-refractivity contribution in [3.8, 4) is 0 Å². The molecular formula is C10H21NO2. The van der Waals surface area contributed by atoms with Crippen LogP contribution in [-0.4, -0.2) is 37.0 Å². The van der Waals surface area contributed by atoms with Gasteiger partial charge in [-0.1, -0.05) is 12.8 Å². The fourth-order valence-corrected chi connectivity index (χ4v) is 1.75. The van der Waals surface area contributed by atoms with Crippen molar-refractivity contribution in [2.45, 2.75) is 50.9 Å². The fourth-order valence-electron chi connectivity index (χ4n) is 1.75. The van der Waals surface area contributed by atoms with Crippen LogP contribution in [-0.2, 0) is 4.74 Å². The molecule has 1 unspecified atom stereocenters. The van der Waals surface area contributed by atoms with E-state index in [0.29, 0.717) is 0 Å². The zero-order valence-corrected chi connectivity index (χ0v) is 8.62. The summed E-state index contributed by atoms with van der Waals surface area (Å²) in [5.74, 6) is 0. The Labute approximate surface area is 80.5 Å². The summed E-state index contributed by atoms with van der Waals surface area (Å²) in [7, 11) is 1.71. The minimum atomic E-state index is -0.155. The standard InChI is InChI=1S/C10H21NO2/c1-8(13-2)7-11-9-5-3-4-6-10(9)12/h8-12H,3-7H2,1-2H3/t8?,9-,10-/m1/s1. The van der Waals surface area contributed by atoms with E-state index in [-0.39, 0.29) is 18.2 Å². The van der Waals surface area contributed by atoms with E-state index in [2.05, 4.69) is 5.32 Å². The van der Waals surface area contributed by atoms with E-state index in [1.54, 1.807) is 7.11 Å². The molecule has 13 heavy (non-hydrogen) atoms. The van der Waals surface area contributed by atoms with E-state index in [1.807, 2.05) is 6.92 Å². The predicted octanol–water partition coefficient (Wildman–Crippen LogP) is 0.914. The van der Waals surface area contributed by atoms with Crippen LogP contribution in [0.15, 0.2) is 0 Å². The van der Waals surface area contributed by atoms with Crippen LogP contribution >= 0.6 is 0 Å². The average Bonchev–Trinajstić information content (AvgIpc) is 2.16. The Morgan fingerprint density at radius 1 is 1.46 bits per heavy atom. The first-order valence-electron chi connectivity index (χ1n) is 5.18. The van der Waals surface area contributed by atoms with Gasteiger partial charge in [0, 0.05) is 19.7 Å². The van der Waals surface area contributed by atoms with Gasteiger partial charge in [0.05, 0.1) is 12.2 Å². The molecule has 0 aromatic heterocycles. The summed E-state index contributed by atoms with van der Waals surface area (Å²) in [6, 6.07) is 0.284. The third kappa shape index (κ3) is 3.63. The second kappa shape index (κ2) is 5.58. The number of hydrogen-bond acceptors (Lipinski definition) is 3. The Balaban J connectivity index is 2.18. The molecule has 0 radical (unpaired) electrons. The molecule has 3 atom stereocenters. The molecule has 0 bridgehead atoms. The van der Waals surface area contributed by atoms with Crippen molar-refractivity contribution in [2.24, 2.45) is 0 Å². The number of aliphatic hydroxyl groups excluding tert-OH is 1. The van der Waals surface area contributed by atoms with Gasteiger partial charge in [-0.05, 0) is 19.8 Å². The Morgan fingerprint density at radius 2 is 2.15 bits per heavy atom. The first-order chi connectivity index (χ1) is 6.24. The van der Waals surface area contributed by atoms with Crippen LogP contribution in [0.4, 0.5) is 0 Å². The van der Waals surface area contributed by atoms with Crippen LogP contribution in [0.25, 0.3) is 0 Å². The molecule has 0 aromatic carbocycles. The Morgan fingerprint density at radius 3 is 2.77 bits per heavy atom. The van der Waals surface area contributed by atoms with E-state index in [9.17, 15) is 5.11 Å². The van der Waals surface area contributed by atoms with Crippen molar-refractivity contribution in [3.05, 3.63) is 0 Å². The number of ether oxygens (including phenoxy) is 1. The van der Waals surface area contributed by atoms with Crippen molar-refractivity contribution in [1.29, 1.82) is 0 Å². The highest BCUT2D eigenvalue weighted by Gasteiger charge is 2.22. The summed E-state index contributed by atoms with van der Waals surface area (Å²) >= 11 is 0. The molecule has 0 saturated heterocycles. The maximum atomic E-state index is 9.65. The minimum absolute atomic E-state index is 0.155. The molecule has 2 N–H and O–H groups in total. The largest absolute Gasteiger partial charge is 0.392 e. The van der Waals surface area contributed by atoms with E-state index < -0.39 is 0 Å². The number of nitrogens with one attached hydrogen (secondary N) is 1. The number of rotatable bonds is 4. The van der Waals surface area contributed by atoms with Gasteiger partial charge >= 0.3 is 0 Å². The van der Waals surface area contributed by atoms with E-state index in [0.717, 1.165) is 19.4 Å². The molecule has 0 spiro atoms. The molecule has 0 heterocycles. The lowest BCUT2D eigenvalue weighted by Gasteiger charge is -2.29. The third-order valence-corrected chi connectivity index (χ3v) is 2.80. The van der Waals surface area contributed by atoms with Gasteiger partial charge in [0.1, 0.15) is 0 Å². The molecule has 0 aromatic rings. The van der Waals surface area contributed by atoms with Gasteiger partial charge in [0.2, 0.25) is 0 Å². The summed E-state index contributed by atoms with van der Waals surface area (Å²) in [5, 5.41) is 13.0. The molecule has 3 heteroatoms. The molecule has 1 aliphatic rings. The Kier molecular flexibility index (Phi) is 4.70. The SMILES string of the molecule is COC(C)CN[C@@H]1CCCC[C@H]1O. The topological polar surface area (TPSA) is 41.5 Å². The van der Waals surface area contributed by atoms with Crippen molar-refractivity contribution in [3.63, 3.8) is 0 Å². The molecule has 1 saturated carbocycles. The van der Waals surface area contributed by atoms with E-state index in [1.165, 1.54) is 12.8 Å². The van der Waals surface area contributed by atoms with Crippen LogP contribution in [0.3, 0.4) is 0 Å². The molecule has 0 aliphatic heterocycles. The summed E-state index contributed by atoms with van der Waals surface area (Å²) < 4.78 is 5.13. The van der Waals surface area contributed by atoms with Crippen LogP contribution in [0.5, 0.6) is 0 Å². The second-order valence-electron chi connectivity index (χ2n) is 3.91. The summed E-state index contributed by atoms with van der Waals surface area (Å²) in [5.41, 5.74) is 0. The maximum absolute atomic E-state index is 9.65. The lowest BCUT2D eigenvalue weighted by atomic mass is 9.92. The van der Waals surface area contributed by atoms with E-state index in [4.69, 9.17) is 4.74 Å². The van der Waals surface area contributed by atoms with Crippen LogP contribution in [0, 0.1) is 0 Å². The molecule has 1 rings (SSSR count). The van der Waals surface area contributed by atoms with Gasteiger partial charge in [-0.2, -0.15) is 0 Å².